The molecule has 1 unspecified atom stereocenters. The van der Waals surface area contributed by atoms with Crippen LogP contribution in [0, 0.1) is 6.92 Å². The van der Waals surface area contributed by atoms with Crippen molar-refractivity contribution in [1.82, 2.24) is 5.32 Å². The van der Waals surface area contributed by atoms with Crippen molar-refractivity contribution in [3.05, 3.63) is 63.6 Å². The second-order valence-electron chi connectivity index (χ2n) is 6.26. The van der Waals surface area contributed by atoms with Gasteiger partial charge < -0.3 is 14.8 Å². The molecule has 2 aromatic carbocycles. The van der Waals surface area contributed by atoms with Crippen LogP contribution in [0.4, 0.5) is 0 Å². The van der Waals surface area contributed by atoms with Crippen LogP contribution in [-0.2, 0) is 11.3 Å². The van der Waals surface area contributed by atoms with Gasteiger partial charge in [0.15, 0.2) is 0 Å². The highest BCUT2D eigenvalue weighted by Gasteiger charge is 2.17. The van der Waals surface area contributed by atoms with Gasteiger partial charge in [0, 0.05) is 18.7 Å². The Morgan fingerprint density at radius 1 is 1.28 bits per heavy atom. The lowest BCUT2D eigenvalue weighted by atomic mass is 10.1. The predicted molar refractivity (Wildman–Crippen MR) is 101 cm³/mol. The Balaban J connectivity index is 1.55. The fraction of sp³-hybridized carbons (Fsp3) is 0.350. The highest BCUT2D eigenvalue weighted by Crippen LogP contribution is 2.27. The molecule has 1 atom stereocenters. The summed E-state index contributed by atoms with van der Waals surface area (Å²) in [5, 5.41) is 2.94. The minimum atomic E-state index is -0.105. The molecule has 0 spiro atoms. The number of amides is 1. The molecule has 1 heterocycles. The molecule has 3 rings (SSSR count). The third-order valence-corrected chi connectivity index (χ3v) is 4.84. The van der Waals surface area contributed by atoms with Gasteiger partial charge in [0.25, 0.3) is 5.91 Å². The second kappa shape index (κ2) is 8.50. The molecular formula is C20H22BrNO3. The Morgan fingerprint density at radius 2 is 2.08 bits per heavy atom. The topological polar surface area (TPSA) is 47.6 Å². The van der Waals surface area contributed by atoms with Gasteiger partial charge in [-0.15, -0.1) is 0 Å². The zero-order valence-corrected chi connectivity index (χ0v) is 15.8. The molecule has 0 bridgehead atoms. The SMILES string of the molecule is Cc1ccc(CNC(=O)c2ccc(OCC3CCCO3)c(Br)c2)cc1. The highest BCUT2D eigenvalue weighted by atomic mass is 79.9. The number of carbonyl (C=O) groups excluding carboxylic acids is 1. The number of aryl methyl sites for hydroxylation is 1. The minimum Gasteiger partial charge on any atom is -0.490 e. The van der Waals surface area contributed by atoms with Crippen LogP contribution >= 0.6 is 15.9 Å². The number of benzene rings is 2. The van der Waals surface area contributed by atoms with Gasteiger partial charge in [-0.1, -0.05) is 29.8 Å². The fourth-order valence-electron chi connectivity index (χ4n) is 2.71. The number of hydrogen-bond donors (Lipinski definition) is 1. The van der Waals surface area contributed by atoms with Crippen molar-refractivity contribution in [2.75, 3.05) is 13.2 Å². The summed E-state index contributed by atoms with van der Waals surface area (Å²) in [6.45, 7) is 3.91. The molecule has 0 aliphatic carbocycles. The Bertz CT molecular complexity index is 724. The standard InChI is InChI=1S/C20H22BrNO3/c1-14-4-6-15(7-5-14)12-22-20(23)16-8-9-19(18(21)11-16)25-13-17-3-2-10-24-17/h4-9,11,17H,2-3,10,12-13H2,1H3,(H,22,23). The lowest BCUT2D eigenvalue weighted by molar-refractivity contribution is 0.0677. The Labute approximate surface area is 156 Å². The Hall–Kier alpha value is -1.85. The maximum Gasteiger partial charge on any atom is 0.251 e. The number of rotatable bonds is 6. The molecule has 1 N–H and O–H groups in total. The lowest BCUT2D eigenvalue weighted by Crippen LogP contribution is -2.22. The summed E-state index contributed by atoms with van der Waals surface area (Å²) in [4.78, 5) is 12.3. The summed E-state index contributed by atoms with van der Waals surface area (Å²) < 4.78 is 12.1. The molecule has 2 aromatic rings. The third-order valence-electron chi connectivity index (χ3n) is 4.22. The largest absolute Gasteiger partial charge is 0.490 e. The zero-order chi connectivity index (χ0) is 17.6. The first-order chi connectivity index (χ1) is 12.1. The molecule has 0 aromatic heterocycles. The quantitative estimate of drug-likeness (QED) is 0.784. The molecule has 1 saturated heterocycles. The first-order valence-corrected chi connectivity index (χ1v) is 9.29. The number of nitrogens with one attached hydrogen (secondary N) is 1. The van der Waals surface area contributed by atoms with Gasteiger partial charge in [0.1, 0.15) is 12.4 Å². The predicted octanol–water partition coefficient (Wildman–Crippen LogP) is 4.25. The summed E-state index contributed by atoms with van der Waals surface area (Å²) in [5.74, 6) is 0.623. The van der Waals surface area contributed by atoms with E-state index in [0.717, 1.165) is 35.2 Å². The van der Waals surface area contributed by atoms with Crippen molar-refractivity contribution in [1.29, 1.82) is 0 Å². The normalized spacial score (nSPS) is 16.6. The molecule has 1 fully saturated rings. The van der Waals surface area contributed by atoms with Crippen LogP contribution in [0.1, 0.15) is 34.3 Å². The number of hydrogen-bond acceptors (Lipinski definition) is 3. The van der Waals surface area contributed by atoms with Crippen LogP contribution in [0.15, 0.2) is 46.9 Å². The van der Waals surface area contributed by atoms with E-state index in [2.05, 4.69) is 21.2 Å². The van der Waals surface area contributed by atoms with E-state index in [1.807, 2.05) is 37.3 Å². The smallest absolute Gasteiger partial charge is 0.251 e. The molecule has 0 radical (unpaired) electrons. The van der Waals surface area contributed by atoms with Crippen molar-refractivity contribution in [2.45, 2.75) is 32.4 Å². The third kappa shape index (κ3) is 5.06. The minimum absolute atomic E-state index is 0.105. The van der Waals surface area contributed by atoms with Crippen LogP contribution in [0.5, 0.6) is 5.75 Å². The highest BCUT2D eigenvalue weighted by molar-refractivity contribution is 9.10. The first kappa shape index (κ1) is 18.0. The van der Waals surface area contributed by atoms with Gasteiger partial charge >= 0.3 is 0 Å². The van der Waals surface area contributed by atoms with Gasteiger partial charge in [0.05, 0.1) is 10.6 Å². The second-order valence-corrected chi connectivity index (χ2v) is 7.11. The molecule has 1 amide bonds. The molecule has 25 heavy (non-hydrogen) atoms. The van der Waals surface area contributed by atoms with Crippen molar-refractivity contribution in [3.8, 4) is 5.75 Å². The molecule has 0 saturated carbocycles. The molecule has 132 valence electrons. The van der Waals surface area contributed by atoms with Gasteiger partial charge in [-0.25, -0.2) is 0 Å². The average Bonchev–Trinajstić information content (AvgIpc) is 3.13. The van der Waals surface area contributed by atoms with Crippen LogP contribution in [0.2, 0.25) is 0 Å². The number of halogens is 1. The van der Waals surface area contributed by atoms with E-state index in [1.54, 1.807) is 12.1 Å². The summed E-state index contributed by atoms with van der Waals surface area (Å²) in [7, 11) is 0. The molecule has 1 aliphatic rings. The van der Waals surface area contributed by atoms with Crippen molar-refractivity contribution in [2.24, 2.45) is 0 Å². The monoisotopic (exact) mass is 403 g/mol. The van der Waals surface area contributed by atoms with E-state index in [1.165, 1.54) is 5.56 Å². The van der Waals surface area contributed by atoms with E-state index in [9.17, 15) is 4.79 Å². The van der Waals surface area contributed by atoms with Gasteiger partial charge in [0.2, 0.25) is 0 Å². The van der Waals surface area contributed by atoms with E-state index in [4.69, 9.17) is 9.47 Å². The van der Waals surface area contributed by atoms with Crippen LogP contribution in [0.3, 0.4) is 0 Å². The summed E-state index contributed by atoms with van der Waals surface area (Å²) in [6.07, 6.45) is 2.30. The van der Waals surface area contributed by atoms with E-state index in [-0.39, 0.29) is 12.0 Å². The maximum atomic E-state index is 12.3. The first-order valence-electron chi connectivity index (χ1n) is 8.49. The summed E-state index contributed by atoms with van der Waals surface area (Å²) in [5.41, 5.74) is 2.88. The van der Waals surface area contributed by atoms with Crippen molar-refractivity contribution < 1.29 is 14.3 Å². The molecule has 5 heteroatoms. The summed E-state index contributed by atoms with van der Waals surface area (Å²) >= 11 is 3.48. The van der Waals surface area contributed by atoms with Crippen molar-refractivity contribution in [3.63, 3.8) is 0 Å². The number of ether oxygens (including phenoxy) is 2. The van der Waals surface area contributed by atoms with E-state index < -0.39 is 0 Å². The Kier molecular flexibility index (Phi) is 6.10. The molecule has 1 aliphatic heterocycles. The Morgan fingerprint density at radius 3 is 2.76 bits per heavy atom. The van der Waals surface area contributed by atoms with Crippen LogP contribution in [-0.4, -0.2) is 25.2 Å². The van der Waals surface area contributed by atoms with Gasteiger partial charge in [-0.3, -0.25) is 4.79 Å². The van der Waals surface area contributed by atoms with E-state index >= 15 is 0 Å². The fourth-order valence-corrected chi connectivity index (χ4v) is 3.20. The summed E-state index contributed by atoms with van der Waals surface area (Å²) in [6, 6.07) is 13.5. The number of carbonyl (C=O) groups is 1. The lowest BCUT2D eigenvalue weighted by Gasteiger charge is -2.13. The van der Waals surface area contributed by atoms with Crippen LogP contribution < -0.4 is 10.1 Å². The van der Waals surface area contributed by atoms with Gasteiger partial charge in [-0.05, 0) is 59.5 Å². The van der Waals surface area contributed by atoms with Gasteiger partial charge in [-0.2, -0.15) is 0 Å². The zero-order valence-electron chi connectivity index (χ0n) is 14.3. The van der Waals surface area contributed by atoms with E-state index in [0.29, 0.717) is 18.7 Å². The molecular weight excluding hydrogens is 382 g/mol. The maximum absolute atomic E-state index is 12.3. The van der Waals surface area contributed by atoms with Crippen molar-refractivity contribution >= 4 is 21.8 Å². The average molecular weight is 404 g/mol. The van der Waals surface area contributed by atoms with Crippen LogP contribution in [0.25, 0.3) is 0 Å². The molecule has 4 nitrogen and oxygen atoms in total.